The van der Waals surface area contributed by atoms with E-state index in [-0.39, 0.29) is 17.5 Å². The van der Waals surface area contributed by atoms with E-state index < -0.39 is 5.82 Å². The van der Waals surface area contributed by atoms with Crippen LogP contribution < -0.4 is 5.32 Å². The van der Waals surface area contributed by atoms with Gasteiger partial charge in [-0.2, -0.15) is 0 Å². The van der Waals surface area contributed by atoms with Crippen LogP contribution in [-0.4, -0.2) is 23.9 Å². The van der Waals surface area contributed by atoms with E-state index >= 15 is 0 Å². The van der Waals surface area contributed by atoms with Gasteiger partial charge in [-0.3, -0.25) is 9.69 Å². The van der Waals surface area contributed by atoms with E-state index in [1.807, 2.05) is 18.2 Å². The monoisotopic (exact) mass is 390 g/mol. The second kappa shape index (κ2) is 7.90. The van der Waals surface area contributed by atoms with Crippen LogP contribution in [-0.2, 0) is 11.3 Å². The highest BCUT2D eigenvalue weighted by Gasteiger charge is 2.26. The largest absolute Gasteiger partial charge is 0.323 e. The molecule has 126 valence electrons. The summed E-state index contributed by atoms with van der Waals surface area (Å²) in [7, 11) is 0. The summed E-state index contributed by atoms with van der Waals surface area (Å²) in [6, 6.07) is 14.9. The molecule has 0 radical (unpaired) electrons. The maximum absolute atomic E-state index is 13.9. The predicted octanol–water partition coefficient (Wildman–Crippen LogP) is 4.44. The number of halogens is 2. The summed E-state index contributed by atoms with van der Waals surface area (Å²) >= 11 is 3.22. The highest BCUT2D eigenvalue weighted by Crippen LogP contribution is 2.23. The minimum Gasteiger partial charge on any atom is -0.323 e. The number of carbonyl (C=O) groups excluding carboxylic acids is 1. The zero-order valence-electron chi connectivity index (χ0n) is 13.3. The van der Waals surface area contributed by atoms with Crippen LogP contribution in [0.4, 0.5) is 10.1 Å². The Labute approximate surface area is 150 Å². The van der Waals surface area contributed by atoms with Gasteiger partial charge in [0, 0.05) is 17.6 Å². The first-order valence-electron chi connectivity index (χ1n) is 8.14. The van der Waals surface area contributed by atoms with Crippen molar-refractivity contribution in [1.29, 1.82) is 0 Å². The molecule has 1 aliphatic rings. The molecule has 3 nitrogen and oxygen atoms in total. The molecule has 24 heavy (non-hydrogen) atoms. The molecule has 0 saturated carbocycles. The number of hydrogen-bond acceptors (Lipinski definition) is 2. The molecule has 0 aromatic heterocycles. The van der Waals surface area contributed by atoms with Crippen molar-refractivity contribution >= 4 is 27.5 Å². The van der Waals surface area contributed by atoms with Crippen LogP contribution in [0.15, 0.2) is 53.0 Å². The second-order valence-electron chi connectivity index (χ2n) is 6.17. The molecule has 1 saturated heterocycles. The first kappa shape index (κ1) is 17.1. The lowest BCUT2D eigenvalue weighted by molar-refractivity contribution is -0.121. The molecule has 0 aliphatic carbocycles. The minimum absolute atomic E-state index is 0.103. The summed E-state index contributed by atoms with van der Waals surface area (Å²) in [5.41, 5.74) is 1.49. The smallest absolute Gasteiger partial charge is 0.228 e. The van der Waals surface area contributed by atoms with E-state index in [9.17, 15) is 9.18 Å². The van der Waals surface area contributed by atoms with E-state index in [4.69, 9.17) is 0 Å². The van der Waals surface area contributed by atoms with Gasteiger partial charge in [0.2, 0.25) is 5.91 Å². The van der Waals surface area contributed by atoms with Crippen molar-refractivity contribution in [2.24, 2.45) is 5.92 Å². The van der Waals surface area contributed by atoms with Crippen LogP contribution in [0.3, 0.4) is 0 Å². The molecular formula is C19H20BrFN2O. The fourth-order valence-corrected chi connectivity index (χ4v) is 3.41. The number of anilines is 1. The molecule has 1 fully saturated rings. The number of carbonyl (C=O) groups is 1. The summed E-state index contributed by atoms with van der Waals surface area (Å²) in [5, 5.41) is 2.73. The van der Waals surface area contributed by atoms with Crippen LogP contribution in [0.1, 0.15) is 18.4 Å². The number of likely N-dealkylation sites (tertiary alicyclic amines) is 1. The van der Waals surface area contributed by atoms with Crippen LogP contribution in [0.5, 0.6) is 0 Å². The fraction of sp³-hybridized carbons (Fsp3) is 0.316. The van der Waals surface area contributed by atoms with Gasteiger partial charge in [0.05, 0.1) is 11.6 Å². The maximum atomic E-state index is 13.9. The Morgan fingerprint density at radius 2 is 2.04 bits per heavy atom. The summed E-state index contributed by atoms with van der Waals surface area (Å²) in [4.78, 5) is 14.8. The van der Waals surface area contributed by atoms with Crippen molar-refractivity contribution in [1.82, 2.24) is 4.90 Å². The van der Waals surface area contributed by atoms with Crippen molar-refractivity contribution in [2.45, 2.75) is 19.4 Å². The number of amides is 1. The summed E-state index contributed by atoms with van der Waals surface area (Å²) in [5.74, 6) is -0.630. The molecule has 2 aromatic carbocycles. The Bertz CT molecular complexity index is 708. The molecule has 1 aliphatic heterocycles. The lowest BCUT2D eigenvalue weighted by Crippen LogP contribution is -2.40. The SMILES string of the molecule is O=C(Nc1ccc(Br)cc1F)C1CCCN(Cc2ccccc2)C1. The molecule has 1 unspecified atom stereocenters. The standard InChI is InChI=1S/C19H20BrFN2O/c20-16-8-9-18(17(21)11-16)22-19(24)15-7-4-10-23(13-15)12-14-5-2-1-3-6-14/h1-3,5-6,8-9,11,15H,4,7,10,12-13H2,(H,22,24). The Kier molecular flexibility index (Phi) is 5.63. The summed E-state index contributed by atoms with van der Waals surface area (Å²) < 4.78 is 14.5. The Morgan fingerprint density at radius 3 is 2.79 bits per heavy atom. The third kappa shape index (κ3) is 4.42. The van der Waals surface area contributed by atoms with Gasteiger partial charge in [0.15, 0.2) is 0 Å². The van der Waals surface area contributed by atoms with Gasteiger partial charge in [-0.05, 0) is 43.1 Å². The van der Waals surface area contributed by atoms with Crippen molar-refractivity contribution in [2.75, 3.05) is 18.4 Å². The quantitative estimate of drug-likeness (QED) is 0.836. The summed E-state index contributed by atoms with van der Waals surface area (Å²) in [6.07, 6.45) is 1.82. The third-order valence-corrected chi connectivity index (χ3v) is 4.81. The molecule has 1 atom stereocenters. The topological polar surface area (TPSA) is 32.3 Å². The van der Waals surface area contributed by atoms with Gasteiger partial charge < -0.3 is 5.32 Å². The van der Waals surface area contributed by atoms with E-state index in [0.717, 1.165) is 25.9 Å². The number of hydrogen-bond donors (Lipinski definition) is 1. The first-order valence-corrected chi connectivity index (χ1v) is 8.93. The molecule has 1 heterocycles. The number of benzene rings is 2. The van der Waals surface area contributed by atoms with Gasteiger partial charge >= 0.3 is 0 Å². The molecular weight excluding hydrogens is 371 g/mol. The van der Waals surface area contributed by atoms with Crippen LogP contribution in [0.25, 0.3) is 0 Å². The molecule has 0 spiro atoms. The highest BCUT2D eigenvalue weighted by molar-refractivity contribution is 9.10. The van der Waals surface area contributed by atoms with Crippen LogP contribution >= 0.6 is 15.9 Å². The lowest BCUT2D eigenvalue weighted by Gasteiger charge is -2.32. The zero-order valence-corrected chi connectivity index (χ0v) is 14.9. The molecule has 2 aromatic rings. The molecule has 5 heteroatoms. The molecule has 1 amide bonds. The third-order valence-electron chi connectivity index (χ3n) is 4.31. The molecule has 3 rings (SSSR count). The second-order valence-corrected chi connectivity index (χ2v) is 7.09. The highest BCUT2D eigenvalue weighted by atomic mass is 79.9. The number of nitrogens with one attached hydrogen (secondary N) is 1. The van der Waals surface area contributed by atoms with E-state index in [2.05, 4.69) is 38.3 Å². The van der Waals surface area contributed by atoms with Gasteiger partial charge in [-0.15, -0.1) is 0 Å². The van der Waals surface area contributed by atoms with E-state index in [0.29, 0.717) is 11.0 Å². The number of rotatable bonds is 4. The van der Waals surface area contributed by atoms with Crippen LogP contribution in [0, 0.1) is 11.7 Å². The molecule has 0 bridgehead atoms. The molecule has 1 N–H and O–H groups in total. The van der Waals surface area contributed by atoms with Gasteiger partial charge in [0.1, 0.15) is 5.82 Å². The van der Waals surface area contributed by atoms with Gasteiger partial charge in [0.25, 0.3) is 0 Å². The van der Waals surface area contributed by atoms with Gasteiger partial charge in [-0.25, -0.2) is 4.39 Å². The average molecular weight is 391 g/mol. The first-order chi connectivity index (χ1) is 11.6. The van der Waals surface area contributed by atoms with Crippen LogP contribution in [0.2, 0.25) is 0 Å². The normalized spacial score (nSPS) is 18.3. The Hall–Kier alpha value is -1.72. The van der Waals surface area contributed by atoms with Crippen molar-refractivity contribution in [3.8, 4) is 0 Å². The van der Waals surface area contributed by atoms with E-state index in [1.165, 1.54) is 11.6 Å². The Balaban J connectivity index is 1.60. The summed E-state index contributed by atoms with van der Waals surface area (Å²) in [6.45, 7) is 2.54. The van der Waals surface area contributed by atoms with Crippen molar-refractivity contribution in [3.63, 3.8) is 0 Å². The Morgan fingerprint density at radius 1 is 1.25 bits per heavy atom. The number of piperidine rings is 1. The number of nitrogens with zero attached hydrogens (tertiary/aromatic N) is 1. The average Bonchev–Trinajstić information content (AvgIpc) is 2.58. The fourth-order valence-electron chi connectivity index (χ4n) is 3.08. The van der Waals surface area contributed by atoms with Crippen molar-refractivity contribution in [3.05, 3.63) is 64.4 Å². The van der Waals surface area contributed by atoms with E-state index in [1.54, 1.807) is 12.1 Å². The predicted molar refractivity (Wildman–Crippen MR) is 97.2 cm³/mol. The zero-order chi connectivity index (χ0) is 16.9. The lowest BCUT2D eigenvalue weighted by atomic mass is 9.96. The minimum atomic E-state index is -0.422. The van der Waals surface area contributed by atoms with Gasteiger partial charge in [-0.1, -0.05) is 46.3 Å². The van der Waals surface area contributed by atoms with Crippen molar-refractivity contribution < 1.29 is 9.18 Å². The maximum Gasteiger partial charge on any atom is 0.228 e.